The van der Waals surface area contributed by atoms with Crippen LogP contribution in [0.1, 0.15) is 4.88 Å². The second-order valence-corrected chi connectivity index (χ2v) is 12.0. The molecule has 35 heavy (non-hydrogen) atoms. The van der Waals surface area contributed by atoms with E-state index in [2.05, 4.69) is 20.9 Å². The summed E-state index contributed by atoms with van der Waals surface area (Å²) < 4.78 is 33.8. The number of benzene rings is 1. The molecule has 0 saturated carbocycles. The SMILES string of the molecule is CS(=O)(=O)N1CCN(Cc2cc3nc(-n4cnc5ccccc54)nc(N4CCOCC4)c3s2)CC1. The second-order valence-electron chi connectivity index (χ2n) is 8.92. The van der Waals surface area contributed by atoms with E-state index in [1.54, 1.807) is 22.0 Å². The third kappa shape index (κ3) is 4.52. The van der Waals surface area contributed by atoms with Crippen molar-refractivity contribution in [3.8, 4) is 5.95 Å². The molecule has 2 aliphatic rings. The van der Waals surface area contributed by atoms with Crippen molar-refractivity contribution in [1.82, 2.24) is 28.7 Å². The Morgan fingerprint density at radius 3 is 2.54 bits per heavy atom. The third-order valence-electron chi connectivity index (χ3n) is 6.55. The summed E-state index contributed by atoms with van der Waals surface area (Å²) in [7, 11) is -3.13. The molecule has 10 nitrogen and oxygen atoms in total. The van der Waals surface area contributed by atoms with Gasteiger partial charge in [0.05, 0.1) is 40.7 Å². The summed E-state index contributed by atoms with van der Waals surface area (Å²) >= 11 is 1.72. The van der Waals surface area contributed by atoms with E-state index in [4.69, 9.17) is 14.7 Å². The first-order valence-electron chi connectivity index (χ1n) is 11.7. The Bertz CT molecular complexity index is 1470. The van der Waals surface area contributed by atoms with Crippen LogP contribution >= 0.6 is 11.3 Å². The molecule has 0 amide bonds. The zero-order valence-corrected chi connectivity index (χ0v) is 21.1. The van der Waals surface area contributed by atoms with Gasteiger partial charge in [-0.15, -0.1) is 11.3 Å². The van der Waals surface area contributed by atoms with Gasteiger partial charge in [0, 0.05) is 50.7 Å². The largest absolute Gasteiger partial charge is 0.378 e. The van der Waals surface area contributed by atoms with E-state index in [1.807, 2.05) is 28.8 Å². The topological polar surface area (TPSA) is 96.7 Å². The average molecular weight is 514 g/mol. The van der Waals surface area contributed by atoms with Gasteiger partial charge in [-0.25, -0.2) is 18.4 Å². The molecule has 0 radical (unpaired) electrons. The molecule has 12 heteroatoms. The molecule has 2 saturated heterocycles. The van der Waals surface area contributed by atoms with Gasteiger partial charge in [-0.3, -0.25) is 9.47 Å². The monoisotopic (exact) mass is 513 g/mol. The van der Waals surface area contributed by atoms with E-state index in [0.717, 1.165) is 59.8 Å². The number of hydrogen-bond donors (Lipinski definition) is 0. The van der Waals surface area contributed by atoms with Gasteiger partial charge in [0.2, 0.25) is 16.0 Å². The molecule has 0 spiro atoms. The number of thiophene rings is 1. The summed E-state index contributed by atoms with van der Waals surface area (Å²) in [6.07, 6.45) is 3.06. The molecule has 3 aromatic heterocycles. The van der Waals surface area contributed by atoms with E-state index in [9.17, 15) is 8.42 Å². The fourth-order valence-corrected chi connectivity index (χ4v) is 6.67. The number of morpholine rings is 1. The average Bonchev–Trinajstić information content (AvgIpc) is 3.47. The van der Waals surface area contributed by atoms with E-state index in [1.165, 1.54) is 11.1 Å². The molecular formula is C23H27N7O3S2. The minimum atomic E-state index is -3.13. The standard InChI is InChI=1S/C23H27N7O3S2/c1-35(31,32)29-8-6-27(7-9-29)15-17-14-19-21(34-17)22(28-10-12-33-13-11-28)26-23(25-19)30-16-24-18-4-2-3-5-20(18)30/h2-5,14,16H,6-13,15H2,1H3. The molecule has 2 aliphatic heterocycles. The van der Waals surface area contributed by atoms with Gasteiger partial charge in [-0.1, -0.05) is 12.1 Å². The number of sulfonamides is 1. The van der Waals surface area contributed by atoms with Crippen LogP contribution in [0.2, 0.25) is 0 Å². The summed E-state index contributed by atoms with van der Waals surface area (Å²) in [5, 5.41) is 0. The number of fused-ring (bicyclic) bond motifs is 2. The maximum absolute atomic E-state index is 11.8. The first-order chi connectivity index (χ1) is 17.0. The van der Waals surface area contributed by atoms with E-state index in [0.29, 0.717) is 32.3 Å². The van der Waals surface area contributed by atoms with Gasteiger partial charge in [-0.05, 0) is 18.2 Å². The number of aromatic nitrogens is 4. The lowest BCUT2D eigenvalue weighted by Gasteiger charge is -2.32. The van der Waals surface area contributed by atoms with Gasteiger partial charge >= 0.3 is 0 Å². The number of imidazole rings is 1. The summed E-state index contributed by atoms with van der Waals surface area (Å²) in [5.74, 6) is 1.54. The quantitative estimate of drug-likeness (QED) is 0.400. The third-order valence-corrected chi connectivity index (χ3v) is 8.96. The fourth-order valence-electron chi connectivity index (χ4n) is 4.69. The summed E-state index contributed by atoms with van der Waals surface area (Å²) in [4.78, 5) is 20.3. The van der Waals surface area contributed by atoms with Crippen LogP contribution in [-0.2, 0) is 21.3 Å². The van der Waals surface area contributed by atoms with Crippen molar-refractivity contribution >= 4 is 48.4 Å². The Morgan fingerprint density at radius 2 is 1.77 bits per heavy atom. The minimum Gasteiger partial charge on any atom is -0.378 e. The van der Waals surface area contributed by atoms with Crippen LogP contribution in [0.15, 0.2) is 36.7 Å². The Labute approximate surface area is 207 Å². The van der Waals surface area contributed by atoms with Crippen LogP contribution in [0.5, 0.6) is 0 Å². The second kappa shape index (κ2) is 9.10. The lowest BCUT2D eigenvalue weighted by Crippen LogP contribution is -2.47. The predicted octanol–water partition coefficient (Wildman–Crippen LogP) is 1.94. The van der Waals surface area contributed by atoms with Crippen LogP contribution in [0, 0.1) is 0 Å². The summed E-state index contributed by atoms with van der Waals surface area (Å²) in [6.45, 7) is 6.19. The van der Waals surface area contributed by atoms with Crippen LogP contribution in [0.3, 0.4) is 0 Å². The van der Waals surface area contributed by atoms with Crippen molar-refractivity contribution < 1.29 is 13.2 Å². The minimum absolute atomic E-state index is 0.528. The van der Waals surface area contributed by atoms with Crippen LogP contribution in [0.25, 0.3) is 27.2 Å². The first-order valence-corrected chi connectivity index (χ1v) is 14.4. The first kappa shape index (κ1) is 22.8. The van der Waals surface area contributed by atoms with E-state index < -0.39 is 10.0 Å². The Hall–Kier alpha value is -2.64. The number of hydrogen-bond acceptors (Lipinski definition) is 9. The molecule has 0 N–H and O–H groups in total. The molecule has 0 bridgehead atoms. The fraction of sp³-hybridized carbons (Fsp3) is 0.435. The zero-order chi connectivity index (χ0) is 24.0. The van der Waals surface area contributed by atoms with Gasteiger partial charge in [0.15, 0.2) is 5.82 Å². The molecule has 1 aromatic carbocycles. The number of anilines is 1. The number of para-hydroxylation sites is 2. The van der Waals surface area contributed by atoms with Crippen molar-refractivity contribution in [1.29, 1.82) is 0 Å². The van der Waals surface area contributed by atoms with Gasteiger partial charge < -0.3 is 9.64 Å². The lowest BCUT2D eigenvalue weighted by molar-refractivity contribution is 0.122. The highest BCUT2D eigenvalue weighted by molar-refractivity contribution is 7.88. The van der Waals surface area contributed by atoms with Crippen molar-refractivity contribution in [3.05, 3.63) is 41.5 Å². The van der Waals surface area contributed by atoms with Crippen molar-refractivity contribution in [2.75, 3.05) is 63.6 Å². The molecule has 0 aliphatic carbocycles. The van der Waals surface area contributed by atoms with Gasteiger partial charge in [-0.2, -0.15) is 9.29 Å². The van der Waals surface area contributed by atoms with Gasteiger partial charge in [0.1, 0.15) is 6.33 Å². The molecule has 5 heterocycles. The smallest absolute Gasteiger partial charge is 0.238 e. The Kier molecular flexibility index (Phi) is 5.93. The molecule has 2 fully saturated rings. The van der Waals surface area contributed by atoms with Crippen LogP contribution in [0.4, 0.5) is 5.82 Å². The number of rotatable bonds is 5. The summed E-state index contributed by atoms with van der Waals surface area (Å²) in [5.41, 5.74) is 2.80. The Balaban J connectivity index is 1.35. The lowest BCUT2D eigenvalue weighted by atomic mass is 10.3. The maximum atomic E-state index is 11.8. The number of piperazine rings is 1. The molecular weight excluding hydrogens is 486 g/mol. The van der Waals surface area contributed by atoms with Crippen molar-refractivity contribution in [3.63, 3.8) is 0 Å². The Morgan fingerprint density at radius 1 is 1.00 bits per heavy atom. The highest BCUT2D eigenvalue weighted by atomic mass is 32.2. The predicted molar refractivity (Wildman–Crippen MR) is 137 cm³/mol. The van der Waals surface area contributed by atoms with Crippen molar-refractivity contribution in [2.24, 2.45) is 0 Å². The van der Waals surface area contributed by atoms with E-state index in [-0.39, 0.29) is 0 Å². The van der Waals surface area contributed by atoms with Crippen molar-refractivity contribution in [2.45, 2.75) is 6.54 Å². The zero-order valence-electron chi connectivity index (χ0n) is 19.5. The van der Waals surface area contributed by atoms with Crippen LogP contribution in [-0.4, -0.2) is 95.9 Å². The molecule has 184 valence electrons. The molecule has 0 unspecified atom stereocenters. The molecule has 4 aromatic rings. The maximum Gasteiger partial charge on any atom is 0.238 e. The number of nitrogens with zero attached hydrogens (tertiary/aromatic N) is 7. The van der Waals surface area contributed by atoms with Crippen LogP contribution < -0.4 is 4.90 Å². The normalized spacial score (nSPS) is 18.6. The molecule has 6 rings (SSSR count). The van der Waals surface area contributed by atoms with E-state index >= 15 is 0 Å². The number of ether oxygens (including phenoxy) is 1. The highest BCUT2D eigenvalue weighted by Gasteiger charge is 2.25. The highest BCUT2D eigenvalue weighted by Crippen LogP contribution is 2.34. The summed E-state index contributed by atoms with van der Waals surface area (Å²) in [6, 6.07) is 10.1. The molecule has 0 atom stereocenters. The van der Waals surface area contributed by atoms with Gasteiger partial charge in [0.25, 0.3) is 0 Å².